The van der Waals surface area contributed by atoms with Gasteiger partial charge in [0.25, 0.3) is 5.91 Å². The smallest absolute Gasteiger partial charge is 0.263 e. The minimum Gasteiger partial charge on any atom is -0.484 e. The van der Waals surface area contributed by atoms with Crippen molar-refractivity contribution in [2.24, 2.45) is 0 Å². The molecule has 0 aliphatic rings. The van der Waals surface area contributed by atoms with Crippen molar-refractivity contribution in [3.63, 3.8) is 0 Å². The van der Waals surface area contributed by atoms with E-state index < -0.39 is 0 Å². The van der Waals surface area contributed by atoms with Crippen LogP contribution in [0.15, 0.2) is 41.1 Å². The summed E-state index contributed by atoms with van der Waals surface area (Å²) in [5, 5.41) is 14.7. The second kappa shape index (κ2) is 5.50. The number of anilines is 1. The molecule has 0 aliphatic heterocycles. The summed E-state index contributed by atoms with van der Waals surface area (Å²) in [6, 6.07) is 10.1. The van der Waals surface area contributed by atoms with Gasteiger partial charge >= 0.3 is 0 Å². The first kappa shape index (κ1) is 11.7. The minimum atomic E-state index is -0.355. The Morgan fingerprint density at radius 3 is 3.11 bits per heavy atom. The first-order valence-corrected chi connectivity index (χ1v) is 5.11. The van der Waals surface area contributed by atoms with E-state index in [1.165, 1.54) is 12.3 Å². The van der Waals surface area contributed by atoms with Gasteiger partial charge in [0.1, 0.15) is 12.0 Å². The van der Waals surface area contributed by atoms with E-state index in [1.807, 2.05) is 6.07 Å². The average Bonchev–Trinajstić information content (AvgIpc) is 2.89. The highest BCUT2D eigenvalue weighted by Crippen LogP contribution is 2.12. The lowest BCUT2D eigenvalue weighted by Crippen LogP contribution is -2.20. The molecule has 0 atom stereocenters. The van der Waals surface area contributed by atoms with Gasteiger partial charge in [-0.05, 0) is 18.2 Å². The zero-order valence-electron chi connectivity index (χ0n) is 9.29. The van der Waals surface area contributed by atoms with Gasteiger partial charge in [0.15, 0.2) is 12.4 Å². The van der Waals surface area contributed by atoms with E-state index in [2.05, 4.69) is 15.0 Å². The predicted molar refractivity (Wildman–Crippen MR) is 61.8 cm³/mol. The van der Waals surface area contributed by atoms with Gasteiger partial charge in [0.2, 0.25) is 0 Å². The van der Waals surface area contributed by atoms with Gasteiger partial charge in [-0.15, -0.1) is 0 Å². The van der Waals surface area contributed by atoms with Crippen LogP contribution in [0, 0.1) is 11.3 Å². The number of benzene rings is 1. The Bertz CT molecular complexity index is 573. The zero-order chi connectivity index (χ0) is 12.8. The van der Waals surface area contributed by atoms with Crippen LogP contribution in [-0.4, -0.2) is 17.7 Å². The van der Waals surface area contributed by atoms with Crippen LogP contribution in [-0.2, 0) is 4.79 Å². The fraction of sp³-hybridized carbons (Fsp3) is 0.0833. The first-order valence-electron chi connectivity index (χ1n) is 5.11. The van der Waals surface area contributed by atoms with E-state index in [9.17, 15) is 4.79 Å². The molecule has 0 radical (unpaired) electrons. The lowest BCUT2D eigenvalue weighted by atomic mass is 10.2. The van der Waals surface area contributed by atoms with Crippen LogP contribution < -0.4 is 10.1 Å². The molecule has 0 aliphatic carbocycles. The molecule has 1 aromatic carbocycles. The molecular formula is C12H9N3O3. The van der Waals surface area contributed by atoms with E-state index >= 15 is 0 Å². The van der Waals surface area contributed by atoms with Crippen molar-refractivity contribution in [2.75, 3.05) is 11.9 Å². The maximum Gasteiger partial charge on any atom is 0.263 e. The number of ether oxygens (including phenoxy) is 1. The summed E-state index contributed by atoms with van der Waals surface area (Å²) in [5.74, 6) is 0.435. The minimum absolute atomic E-state index is 0.165. The average molecular weight is 243 g/mol. The Hall–Kier alpha value is -2.81. The van der Waals surface area contributed by atoms with Crippen LogP contribution in [0.3, 0.4) is 0 Å². The highest BCUT2D eigenvalue weighted by atomic mass is 16.5. The number of nitrogens with zero attached hydrogens (tertiary/aromatic N) is 2. The molecule has 0 fully saturated rings. The van der Waals surface area contributed by atoms with Gasteiger partial charge in [-0.2, -0.15) is 5.26 Å². The third-order valence-corrected chi connectivity index (χ3v) is 2.04. The number of hydrogen-bond donors (Lipinski definition) is 1. The molecule has 0 unspecified atom stereocenters. The van der Waals surface area contributed by atoms with E-state index in [0.29, 0.717) is 17.1 Å². The fourth-order valence-corrected chi connectivity index (χ4v) is 1.26. The second-order valence-electron chi connectivity index (χ2n) is 3.36. The summed E-state index contributed by atoms with van der Waals surface area (Å²) in [4.78, 5) is 11.5. The summed E-state index contributed by atoms with van der Waals surface area (Å²) >= 11 is 0. The van der Waals surface area contributed by atoms with Crippen LogP contribution in [0.4, 0.5) is 5.82 Å². The molecule has 90 valence electrons. The topological polar surface area (TPSA) is 88.1 Å². The number of hydrogen-bond acceptors (Lipinski definition) is 5. The van der Waals surface area contributed by atoms with Crippen LogP contribution in [0.2, 0.25) is 0 Å². The van der Waals surface area contributed by atoms with E-state index in [1.54, 1.807) is 24.3 Å². The van der Waals surface area contributed by atoms with Gasteiger partial charge in [0, 0.05) is 6.07 Å². The van der Waals surface area contributed by atoms with Crippen molar-refractivity contribution in [2.45, 2.75) is 0 Å². The maximum absolute atomic E-state index is 11.5. The summed E-state index contributed by atoms with van der Waals surface area (Å²) < 4.78 is 9.80. The SMILES string of the molecule is N#Cc1cccc(OCC(=O)Nc2ccon2)c1. The van der Waals surface area contributed by atoms with Crippen molar-refractivity contribution in [1.29, 1.82) is 5.26 Å². The molecule has 0 saturated heterocycles. The summed E-state index contributed by atoms with van der Waals surface area (Å²) in [5.41, 5.74) is 0.476. The van der Waals surface area contributed by atoms with Crippen molar-refractivity contribution >= 4 is 11.7 Å². The molecule has 6 nitrogen and oxygen atoms in total. The maximum atomic E-state index is 11.5. The number of amides is 1. The largest absolute Gasteiger partial charge is 0.484 e. The molecule has 2 aromatic rings. The molecule has 0 spiro atoms. The molecule has 18 heavy (non-hydrogen) atoms. The molecule has 1 N–H and O–H groups in total. The lowest BCUT2D eigenvalue weighted by molar-refractivity contribution is -0.118. The number of nitriles is 1. The van der Waals surface area contributed by atoms with Crippen molar-refractivity contribution in [3.05, 3.63) is 42.2 Å². The molecule has 0 saturated carbocycles. The Balaban J connectivity index is 1.87. The molecule has 1 aromatic heterocycles. The first-order chi connectivity index (χ1) is 8.78. The molecular weight excluding hydrogens is 234 g/mol. The third kappa shape index (κ3) is 3.09. The number of carbonyl (C=O) groups is 1. The Labute approximate surface area is 103 Å². The van der Waals surface area contributed by atoms with Gasteiger partial charge in [-0.25, -0.2) is 0 Å². The standard InChI is InChI=1S/C12H9N3O3/c13-7-9-2-1-3-10(6-9)17-8-12(16)14-11-4-5-18-15-11/h1-6H,8H2,(H,14,15,16). The lowest BCUT2D eigenvalue weighted by Gasteiger charge is -2.05. The van der Waals surface area contributed by atoms with Gasteiger partial charge in [-0.1, -0.05) is 11.2 Å². The Kier molecular flexibility index (Phi) is 3.56. The Morgan fingerprint density at radius 1 is 1.50 bits per heavy atom. The third-order valence-electron chi connectivity index (χ3n) is 2.04. The highest BCUT2D eigenvalue weighted by Gasteiger charge is 2.05. The van der Waals surface area contributed by atoms with Crippen molar-refractivity contribution < 1.29 is 14.1 Å². The predicted octanol–water partition coefficient (Wildman–Crippen LogP) is 1.56. The van der Waals surface area contributed by atoms with Crippen LogP contribution in [0.1, 0.15) is 5.56 Å². The van der Waals surface area contributed by atoms with E-state index in [4.69, 9.17) is 10.00 Å². The molecule has 6 heteroatoms. The number of nitrogens with one attached hydrogen (secondary N) is 1. The fourth-order valence-electron chi connectivity index (χ4n) is 1.26. The second-order valence-corrected chi connectivity index (χ2v) is 3.36. The van der Waals surface area contributed by atoms with Crippen LogP contribution in [0.5, 0.6) is 5.75 Å². The van der Waals surface area contributed by atoms with Crippen LogP contribution in [0.25, 0.3) is 0 Å². The highest BCUT2D eigenvalue weighted by molar-refractivity contribution is 5.90. The van der Waals surface area contributed by atoms with Crippen molar-refractivity contribution in [1.82, 2.24) is 5.16 Å². The van der Waals surface area contributed by atoms with Gasteiger partial charge in [-0.3, -0.25) is 4.79 Å². The van der Waals surface area contributed by atoms with E-state index in [-0.39, 0.29) is 12.5 Å². The van der Waals surface area contributed by atoms with E-state index in [0.717, 1.165) is 0 Å². The summed E-state index contributed by atoms with van der Waals surface area (Å²) in [7, 11) is 0. The summed E-state index contributed by atoms with van der Waals surface area (Å²) in [6.07, 6.45) is 1.35. The normalized spacial score (nSPS) is 9.50. The molecule has 2 rings (SSSR count). The van der Waals surface area contributed by atoms with Crippen LogP contribution >= 0.6 is 0 Å². The van der Waals surface area contributed by atoms with Gasteiger partial charge < -0.3 is 14.6 Å². The monoisotopic (exact) mass is 243 g/mol. The molecule has 1 amide bonds. The quantitative estimate of drug-likeness (QED) is 0.880. The summed E-state index contributed by atoms with van der Waals surface area (Å²) in [6.45, 7) is -0.165. The zero-order valence-corrected chi connectivity index (χ0v) is 9.29. The Morgan fingerprint density at radius 2 is 2.39 bits per heavy atom. The number of aromatic nitrogens is 1. The molecule has 1 heterocycles. The van der Waals surface area contributed by atoms with Crippen molar-refractivity contribution in [3.8, 4) is 11.8 Å². The molecule has 0 bridgehead atoms. The number of carbonyl (C=O) groups excluding carboxylic acids is 1. The number of rotatable bonds is 4. The van der Waals surface area contributed by atoms with Gasteiger partial charge in [0.05, 0.1) is 11.6 Å².